The van der Waals surface area contributed by atoms with Crippen LogP contribution < -0.4 is 0 Å². The molecule has 3 aromatic rings. The van der Waals surface area contributed by atoms with Crippen LogP contribution in [0, 0.1) is 13.8 Å². The van der Waals surface area contributed by atoms with Gasteiger partial charge in [-0.15, -0.1) is 0 Å². The summed E-state index contributed by atoms with van der Waals surface area (Å²) in [6, 6.07) is 14.4. The number of ether oxygens (including phenoxy) is 1. The van der Waals surface area contributed by atoms with Gasteiger partial charge in [-0.2, -0.15) is 5.10 Å². The molecule has 0 bridgehead atoms. The Bertz CT molecular complexity index is 1190. The molecule has 34 heavy (non-hydrogen) atoms. The van der Waals surface area contributed by atoms with E-state index in [2.05, 4.69) is 5.10 Å². The van der Waals surface area contributed by atoms with Gasteiger partial charge in [-0.25, -0.2) is 9.48 Å². The van der Waals surface area contributed by atoms with E-state index in [1.165, 1.54) is 0 Å². The fourth-order valence-corrected chi connectivity index (χ4v) is 4.58. The number of hydrogen-bond acceptors (Lipinski definition) is 5. The Morgan fingerprint density at radius 2 is 1.68 bits per heavy atom. The number of carbonyl (C=O) groups excluding carboxylic acids is 2. The number of esters is 1. The number of amides is 1. The summed E-state index contributed by atoms with van der Waals surface area (Å²) in [7, 11) is 0. The van der Waals surface area contributed by atoms with Gasteiger partial charge in [0, 0.05) is 23.7 Å². The number of aryl methyl sites for hydroxylation is 1. The Morgan fingerprint density at radius 3 is 2.26 bits per heavy atom. The summed E-state index contributed by atoms with van der Waals surface area (Å²) in [5.41, 5.74) is 2.92. The average molecular weight is 482 g/mol. The molecule has 0 spiro atoms. The third kappa shape index (κ3) is 4.58. The lowest BCUT2D eigenvalue weighted by atomic mass is 9.84. The summed E-state index contributed by atoms with van der Waals surface area (Å²) in [4.78, 5) is 27.1. The van der Waals surface area contributed by atoms with Crippen molar-refractivity contribution in [2.75, 3.05) is 19.7 Å². The Labute approximate surface area is 203 Å². The van der Waals surface area contributed by atoms with E-state index in [1.807, 2.05) is 31.2 Å². The Balaban J connectivity index is 1.46. The lowest BCUT2D eigenvalue weighted by Gasteiger charge is -2.38. The molecule has 0 saturated carbocycles. The molecule has 178 valence electrons. The second kappa shape index (κ2) is 9.60. The molecule has 7 nitrogen and oxygen atoms in total. The largest absolute Gasteiger partial charge is 0.462 e. The van der Waals surface area contributed by atoms with Crippen molar-refractivity contribution in [2.24, 2.45) is 0 Å². The van der Waals surface area contributed by atoms with Crippen LogP contribution in [0.1, 0.15) is 57.4 Å². The highest BCUT2D eigenvalue weighted by molar-refractivity contribution is 6.30. The third-order valence-electron chi connectivity index (χ3n) is 6.39. The SMILES string of the molecule is CCOC(=O)c1c(C)nn(-c2ccc(C(=O)N3CCC(O)(c4ccc(Cl)cc4)CC3)cc2)c1C. The van der Waals surface area contributed by atoms with Crippen LogP contribution in [-0.4, -0.2) is 51.4 Å². The number of carbonyl (C=O) groups is 2. The van der Waals surface area contributed by atoms with Crippen LogP contribution in [0.2, 0.25) is 5.02 Å². The monoisotopic (exact) mass is 481 g/mol. The van der Waals surface area contributed by atoms with E-state index < -0.39 is 5.60 Å². The van der Waals surface area contributed by atoms with Gasteiger partial charge in [0.1, 0.15) is 5.56 Å². The van der Waals surface area contributed by atoms with Gasteiger partial charge in [-0.1, -0.05) is 23.7 Å². The number of halogens is 1. The van der Waals surface area contributed by atoms with Gasteiger partial charge in [0.05, 0.1) is 29.3 Å². The smallest absolute Gasteiger partial charge is 0.341 e. The van der Waals surface area contributed by atoms with E-state index >= 15 is 0 Å². The van der Waals surface area contributed by atoms with Crippen molar-refractivity contribution in [3.63, 3.8) is 0 Å². The van der Waals surface area contributed by atoms with Crippen LogP contribution in [0.25, 0.3) is 5.69 Å². The molecule has 1 aliphatic rings. The fourth-order valence-electron chi connectivity index (χ4n) is 4.45. The van der Waals surface area contributed by atoms with Gasteiger partial charge < -0.3 is 14.7 Å². The molecule has 0 atom stereocenters. The Morgan fingerprint density at radius 1 is 1.06 bits per heavy atom. The number of rotatable bonds is 5. The topological polar surface area (TPSA) is 84.7 Å². The molecule has 1 N–H and O–H groups in total. The van der Waals surface area contributed by atoms with Crippen molar-refractivity contribution in [1.29, 1.82) is 0 Å². The first-order valence-electron chi connectivity index (χ1n) is 11.3. The van der Waals surface area contributed by atoms with Crippen molar-refractivity contribution in [3.8, 4) is 5.69 Å². The van der Waals surface area contributed by atoms with Crippen LogP contribution in [-0.2, 0) is 10.3 Å². The Kier molecular flexibility index (Phi) is 6.77. The molecule has 0 aliphatic carbocycles. The van der Waals surface area contributed by atoms with Crippen LogP contribution in [0.5, 0.6) is 0 Å². The number of piperidine rings is 1. The van der Waals surface area contributed by atoms with E-state index in [0.29, 0.717) is 60.1 Å². The number of aliphatic hydroxyl groups is 1. The highest BCUT2D eigenvalue weighted by atomic mass is 35.5. The van der Waals surface area contributed by atoms with Gasteiger partial charge in [0.25, 0.3) is 5.91 Å². The summed E-state index contributed by atoms with van der Waals surface area (Å²) >= 11 is 5.96. The summed E-state index contributed by atoms with van der Waals surface area (Å²) in [5.74, 6) is -0.468. The number of benzene rings is 2. The van der Waals surface area contributed by atoms with E-state index in [0.717, 1.165) is 11.3 Å². The van der Waals surface area contributed by atoms with Gasteiger partial charge in [-0.05, 0) is 75.6 Å². The molecule has 2 aromatic carbocycles. The number of hydrogen-bond donors (Lipinski definition) is 1. The quantitative estimate of drug-likeness (QED) is 0.544. The molecular formula is C26H28ClN3O4. The zero-order chi connectivity index (χ0) is 24.5. The maximum atomic E-state index is 13.1. The predicted molar refractivity (Wildman–Crippen MR) is 129 cm³/mol. The number of aromatic nitrogens is 2. The summed E-state index contributed by atoms with van der Waals surface area (Å²) < 4.78 is 6.82. The van der Waals surface area contributed by atoms with Crippen LogP contribution in [0.4, 0.5) is 0 Å². The second-order valence-electron chi connectivity index (χ2n) is 8.56. The van der Waals surface area contributed by atoms with Crippen molar-refractivity contribution in [2.45, 2.75) is 39.2 Å². The first-order valence-corrected chi connectivity index (χ1v) is 11.7. The minimum absolute atomic E-state index is 0.0784. The highest BCUT2D eigenvalue weighted by Crippen LogP contribution is 2.34. The van der Waals surface area contributed by atoms with E-state index in [1.54, 1.807) is 47.7 Å². The summed E-state index contributed by atoms with van der Waals surface area (Å²) in [6.45, 7) is 6.58. The standard InChI is InChI=1S/C26H28ClN3O4/c1-4-34-25(32)23-17(2)28-30(18(23)3)22-11-5-19(6-12-22)24(31)29-15-13-26(33,14-16-29)20-7-9-21(27)10-8-20/h5-12,33H,4,13-16H2,1-3H3. The van der Waals surface area contributed by atoms with Gasteiger partial charge in [0.2, 0.25) is 0 Å². The molecule has 0 radical (unpaired) electrons. The molecule has 2 heterocycles. The van der Waals surface area contributed by atoms with Crippen molar-refractivity contribution >= 4 is 23.5 Å². The third-order valence-corrected chi connectivity index (χ3v) is 6.64. The highest BCUT2D eigenvalue weighted by Gasteiger charge is 2.35. The normalized spacial score (nSPS) is 15.3. The van der Waals surface area contributed by atoms with Crippen molar-refractivity contribution < 1.29 is 19.4 Å². The predicted octanol–water partition coefficient (Wildman–Crippen LogP) is 4.44. The zero-order valence-electron chi connectivity index (χ0n) is 19.5. The van der Waals surface area contributed by atoms with Gasteiger partial charge in [0.15, 0.2) is 0 Å². The number of nitrogens with zero attached hydrogens (tertiary/aromatic N) is 3. The lowest BCUT2D eigenvalue weighted by molar-refractivity contribution is -0.0211. The van der Waals surface area contributed by atoms with E-state index in [9.17, 15) is 14.7 Å². The number of likely N-dealkylation sites (tertiary alicyclic amines) is 1. The van der Waals surface area contributed by atoms with Crippen molar-refractivity contribution in [1.82, 2.24) is 14.7 Å². The average Bonchev–Trinajstić information content (AvgIpc) is 3.13. The van der Waals surface area contributed by atoms with Gasteiger partial charge >= 0.3 is 5.97 Å². The molecule has 0 unspecified atom stereocenters. The maximum Gasteiger partial charge on any atom is 0.341 e. The minimum Gasteiger partial charge on any atom is -0.462 e. The molecular weight excluding hydrogens is 454 g/mol. The molecule has 1 amide bonds. The minimum atomic E-state index is -0.961. The maximum absolute atomic E-state index is 13.1. The van der Waals surface area contributed by atoms with E-state index in [-0.39, 0.29) is 11.9 Å². The van der Waals surface area contributed by atoms with Crippen molar-refractivity contribution in [3.05, 3.63) is 81.6 Å². The Hall–Kier alpha value is -3.16. The lowest BCUT2D eigenvalue weighted by Crippen LogP contribution is -2.45. The van der Waals surface area contributed by atoms with Crippen LogP contribution >= 0.6 is 11.6 Å². The fraction of sp³-hybridized carbons (Fsp3) is 0.346. The summed E-state index contributed by atoms with van der Waals surface area (Å²) in [5, 5.41) is 16.2. The first kappa shape index (κ1) is 24.0. The zero-order valence-corrected chi connectivity index (χ0v) is 20.3. The van der Waals surface area contributed by atoms with Crippen LogP contribution in [0.15, 0.2) is 48.5 Å². The summed E-state index contributed by atoms with van der Waals surface area (Å²) in [6.07, 6.45) is 0.918. The molecule has 4 rings (SSSR count). The first-order chi connectivity index (χ1) is 16.2. The second-order valence-corrected chi connectivity index (χ2v) is 8.99. The van der Waals surface area contributed by atoms with Crippen LogP contribution in [0.3, 0.4) is 0 Å². The molecule has 1 fully saturated rings. The van der Waals surface area contributed by atoms with E-state index in [4.69, 9.17) is 16.3 Å². The molecule has 1 aromatic heterocycles. The molecule has 8 heteroatoms. The molecule has 1 aliphatic heterocycles. The molecule has 1 saturated heterocycles. The van der Waals surface area contributed by atoms with Gasteiger partial charge in [-0.3, -0.25) is 4.79 Å².